The topological polar surface area (TPSA) is 81.3 Å². The predicted octanol–water partition coefficient (Wildman–Crippen LogP) is -0.247. The van der Waals surface area contributed by atoms with Crippen molar-refractivity contribution in [2.45, 2.75) is 19.8 Å². The summed E-state index contributed by atoms with van der Waals surface area (Å²) in [6, 6.07) is 0. The SMILES string of the molecule is CCCCNC(=S)NCS(=O)(=O)[O-]. The Hall–Kier alpha value is -0.400. The molecule has 0 aromatic rings. The van der Waals surface area contributed by atoms with E-state index in [0.717, 1.165) is 12.8 Å². The second-order valence-electron chi connectivity index (χ2n) is 2.49. The van der Waals surface area contributed by atoms with Crippen LogP contribution < -0.4 is 10.6 Å². The van der Waals surface area contributed by atoms with Gasteiger partial charge in [0.15, 0.2) is 5.11 Å². The van der Waals surface area contributed by atoms with Gasteiger partial charge < -0.3 is 15.2 Å². The molecule has 0 unspecified atom stereocenters. The Morgan fingerprint density at radius 1 is 1.46 bits per heavy atom. The number of unbranched alkanes of at least 4 members (excludes halogenated alkanes) is 1. The average molecular weight is 225 g/mol. The molecule has 13 heavy (non-hydrogen) atoms. The smallest absolute Gasteiger partial charge is 0.167 e. The molecule has 0 saturated heterocycles. The highest BCUT2D eigenvalue weighted by Gasteiger charge is 1.96. The van der Waals surface area contributed by atoms with Crippen LogP contribution in [0.25, 0.3) is 0 Å². The van der Waals surface area contributed by atoms with E-state index in [0.29, 0.717) is 6.54 Å². The van der Waals surface area contributed by atoms with Gasteiger partial charge in [-0.3, -0.25) is 0 Å². The molecule has 0 heterocycles. The minimum Gasteiger partial charge on any atom is -0.747 e. The van der Waals surface area contributed by atoms with Gasteiger partial charge in [-0.15, -0.1) is 0 Å². The molecule has 0 aliphatic rings. The lowest BCUT2D eigenvalue weighted by Crippen LogP contribution is -2.38. The molecule has 0 aromatic heterocycles. The molecule has 0 atom stereocenters. The van der Waals surface area contributed by atoms with E-state index in [2.05, 4.69) is 10.6 Å². The van der Waals surface area contributed by atoms with Crippen molar-refractivity contribution in [1.82, 2.24) is 10.6 Å². The summed E-state index contributed by atoms with van der Waals surface area (Å²) >= 11 is 4.71. The van der Waals surface area contributed by atoms with E-state index in [1.54, 1.807) is 0 Å². The summed E-state index contributed by atoms with van der Waals surface area (Å²) in [4.78, 5) is 0. The van der Waals surface area contributed by atoms with Crippen LogP contribution in [0.1, 0.15) is 19.8 Å². The van der Waals surface area contributed by atoms with Crippen LogP contribution in [0, 0.1) is 0 Å². The van der Waals surface area contributed by atoms with E-state index >= 15 is 0 Å². The Labute approximate surface area is 83.7 Å². The van der Waals surface area contributed by atoms with Crippen molar-refractivity contribution < 1.29 is 13.0 Å². The average Bonchev–Trinajstić information content (AvgIpc) is 2.00. The van der Waals surface area contributed by atoms with Gasteiger partial charge in [-0.05, 0) is 18.6 Å². The van der Waals surface area contributed by atoms with Gasteiger partial charge in [0.05, 0.1) is 0 Å². The zero-order valence-corrected chi connectivity index (χ0v) is 9.00. The highest BCUT2D eigenvalue weighted by molar-refractivity contribution is 7.85. The van der Waals surface area contributed by atoms with Gasteiger partial charge in [-0.2, -0.15) is 0 Å². The number of hydrogen-bond acceptors (Lipinski definition) is 4. The summed E-state index contributed by atoms with van der Waals surface area (Å²) in [5.41, 5.74) is 0. The Kier molecular flexibility index (Phi) is 5.93. The first-order chi connectivity index (χ1) is 5.95. The zero-order valence-electron chi connectivity index (χ0n) is 7.37. The Morgan fingerprint density at radius 2 is 2.08 bits per heavy atom. The van der Waals surface area contributed by atoms with Crippen molar-refractivity contribution in [2.24, 2.45) is 0 Å². The fourth-order valence-electron chi connectivity index (χ4n) is 0.595. The fourth-order valence-corrected chi connectivity index (χ4v) is 1.18. The molecule has 7 heteroatoms. The van der Waals surface area contributed by atoms with Gasteiger partial charge >= 0.3 is 0 Å². The van der Waals surface area contributed by atoms with Crippen LogP contribution in [-0.2, 0) is 10.1 Å². The standard InChI is InChI=1S/C6H14N2O3S2/c1-2-3-4-7-6(12)8-5-13(9,10)11/h2-5H2,1H3,(H2,7,8,12)(H,9,10,11)/p-1. The van der Waals surface area contributed by atoms with E-state index < -0.39 is 16.0 Å². The van der Waals surface area contributed by atoms with Crippen LogP contribution in [0.4, 0.5) is 0 Å². The number of nitrogens with one attached hydrogen (secondary N) is 2. The highest BCUT2D eigenvalue weighted by Crippen LogP contribution is 1.82. The first-order valence-electron chi connectivity index (χ1n) is 3.91. The first kappa shape index (κ1) is 12.6. The van der Waals surface area contributed by atoms with E-state index in [1.165, 1.54) is 0 Å². The third kappa shape index (κ3) is 9.51. The molecule has 0 rings (SSSR count). The van der Waals surface area contributed by atoms with Crippen LogP contribution in [0.15, 0.2) is 0 Å². The van der Waals surface area contributed by atoms with Crippen LogP contribution in [0.5, 0.6) is 0 Å². The molecule has 0 aliphatic heterocycles. The van der Waals surface area contributed by atoms with Crippen molar-refractivity contribution in [3.8, 4) is 0 Å². The molecular weight excluding hydrogens is 212 g/mol. The quantitative estimate of drug-likeness (QED) is 0.381. The number of rotatable bonds is 5. The fraction of sp³-hybridized carbons (Fsp3) is 0.833. The molecule has 5 nitrogen and oxygen atoms in total. The molecule has 0 bridgehead atoms. The van der Waals surface area contributed by atoms with Crippen molar-refractivity contribution in [3.63, 3.8) is 0 Å². The normalized spacial score (nSPS) is 10.9. The lowest BCUT2D eigenvalue weighted by Gasteiger charge is -2.11. The monoisotopic (exact) mass is 225 g/mol. The van der Waals surface area contributed by atoms with Crippen LogP contribution >= 0.6 is 12.2 Å². The van der Waals surface area contributed by atoms with Crippen LogP contribution in [0.2, 0.25) is 0 Å². The zero-order chi connectivity index (χ0) is 10.3. The Morgan fingerprint density at radius 3 is 2.54 bits per heavy atom. The maximum absolute atomic E-state index is 10.2. The Bertz CT molecular complexity index is 251. The molecule has 0 spiro atoms. The van der Waals surface area contributed by atoms with Crippen molar-refractivity contribution in [2.75, 3.05) is 12.4 Å². The van der Waals surface area contributed by atoms with Crippen LogP contribution in [-0.4, -0.2) is 30.5 Å². The van der Waals surface area contributed by atoms with Crippen molar-refractivity contribution in [3.05, 3.63) is 0 Å². The molecule has 2 N–H and O–H groups in total. The molecule has 0 amide bonds. The van der Waals surface area contributed by atoms with Crippen molar-refractivity contribution >= 4 is 27.4 Å². The van der Waals surface area contributed by atoms with Crippen LogP contribution in [0.3, 0.4) is 0 Å². The van der Waals surface area contributed by atoms with Gasteiger partial charge in [0.2, 0.25) is 0 Å². The third-order valence-electron chi connectivity index (χ3n) is 1.23. The lowest BCUT2D eigenvalue weighted by molar-refractivity contribution is 0.461. The van der Waals surface area contributed by atoms with Gasteiger partial charge in [-0.1, -0.05) is 13.3 Å². The molecule has 78 valence electrons. The molecular formula is C6H13N2O3S2-. The lowest BCUT2D eigenvalue weighted by atomic mass is 10.3. The summed E-state index contributed by atoms with van der Waals surface area (Å²) in [5, 5.41) is 5.28. The minimum absolute atomic E-state index is 0.202. The maximum atomic E-state index is 10.2. The predicted molar refractivity (Wildman–Crippen MR) is 53.2 cm³/mol. The van der Waals surface area contributed by atoms with Gasteiger partial charge in [-0.25, -0.2) is 8.42 Å². The number of thiocarbonyl (C=S) groups is 1. The summed E-state index contributed by atoms with van der Waals surface area (Å²) in [5.74, 6) is -0.662. The molecule has 0 aliphatic carbocycles. The van der Waals surface area contributed by atoms with E-state index in [9.17, 15) is 13.0 Å². The molecule has 0 radical (unpaired) electrons. The largest absolute Gasteiger partial charge is 0.747 e. The summed E-state index contributed by atoms with van der Waals surface area (Å²) in [6.45, 7) is 2.71. The van der Waals surface area contributed by atoms with Crippen molar-refractivity contribution in [1.29, 1.82) is 0 Å². The van der Waals surface area contributed by atoms with Gasteiger partial charge in [0, 0.05) is 6.54 Å². The van der Waals surface area contributed by atoms with E-state index in [4.69, 9.17) is 12.2 Å². The minimum atomic E-state index is -4.24. The van der Waals surface area contributed by atoms with Gasteiger partial charge in [0.1, 0.15) is 16.0 Å². The maximum Gasteiger partial charge on any atom is 0.167 e. The van der Waals surface area contributed by atoms with E-state index in [-0.39, 0.29) is 5.11 Å². The third-order valence-corrected chi connectivity index (χ3v) is 2.01. The molecule has 0 saturated carbocycles. The van der Waals surface area contributed by atoms with Gasteiger partial charge in [0.25, 0.3) is 0 Å². The molecule has 0 aromatic carbocycles. The summed E-state index contributed by atoms with van der Waals surface area (Å²) in [7, 11) is -4.24. The Balaban J connectivity index is 3.53. The summed E-state index contributed by atoms with van der Waals surface area (Å²) in [6.07, 6.45) is 1.97. The second-order valence-corrected chi connectivity index (χ2v) is 4.30. The second kappa shape index (κ2) is 6.11. The highest BCUT2D eigenvalue weighted by atomic mass is 32.2. The molecule has 0 fully saturated rings. The van der Waals surface area contributed by atoms with E-state index in [1.807, 2.05) is 6.92 Å². The summed E-state index contributed by atoms with van der Waals surface area (Å²) < 4.78 is 30.5. The first-order valence-corrected chi connectivity index (χ1v) is 5.89. The number of hydrogen-bond donors (Lipinski definition) is 2.